The van der Waals surface area contributed by atoms with E-state index in [9.17, 15) is 26.0 Å². The van der Waals surface area contributed by atoms with Gasteiger partial charge in [0.2, 0.25) is 10.0 Å². The lowest BCUT2D eigenvalue weighted by Crippen LogP contribution is -2.39. The quantitative estimate of drug-likeness (QED) is 0.506. The molecule has 1 aliphatic rings. The summed E-state index contributed by atoms with van der Waals surface area (Å²) in [6, 6.07) is 9.67. The highest BCUT2D eigenvalue weighted by Crippen LogP contribution is 2.35. The highest BCUT2D eigenvalue weighted by Gasteiger charge is 2.34. The zero-order valence-electron chi connectivity index (χ0n) is 16.0. The number of aromatic nitrogens is 2. The molecule has 0 amide bonds. The van der Waals surface area contributed by atoms with Gasteiger partial charge < -0.3 is 0 Å². The van der Waals surface area contributed by atoms with Crippen molar-refractivity contribution in [3.05, 3.63) is 64.9 Å². The van der Waals surface area contributed by atoms with E-state index in [0.717, 1.165) is 24.3 Å². The third-order valence-electron chi connectivity index (χ3n) is 5.10. The predicted molar refractivity (Wildman–Crippen MR) is 107 cm³/mol. The van der Waals surface area contributed by atoms with Crippen molar-refractivity contribution < 1.29 is 26.0 Å². The number of rotatable bonds is 4. The van der Waals surface area contributed by atoms with Crippen LogP contribution in [0.5, 0.6) is 0 Å². The van der Waals surface area contributed by atoms with Crippen molar-refractivity contribution in [1.82, 2.24) is 14.5 Å². The maximum atomic E-state index is 14.0. The second kappa shape index (κ2) is 8.29. The molecule has 0 N–H and O–H groups in total. The molecular formula is C20H17F4N3O2S2. The molecule has 1 aromatic heterocycles. The van der Waals surface area contributed by atoms with Gasteiger partial charge >= 0.3 is 6.18 Å². The van der Waals surface area contributed by atoms with E-state index in [0.29, 0.717) is 28.4 Å². The first-order chi connectivity index (χ1) is 14.7. The van der Waals surface area contributed by atoms with E-state index in [2.05, 4.69) is 10.2 Å². The number of piperidine rings is 1. The van der Waals surface area contributed by atoms with Crippen LogP contribution in [0.2, 0.25) is 0 Å². The lowest BCUT2D eigenvalue weighted by atomic mass is 10.0. The molecule has 31 heavy (non-hydrogen) atoms. The Morgan fingerprint density at radius 3 is 2.42 bits per heavy atom. The second-order valence-corrected chi connectivity index (χ2v) is 10.1. The molecule has 1 atom stereocenters. The Morgan fingerprint density at radius 2 is 1.74 bits per heavy atom. The van der Waals surface area contributed by atoms with Crippen molar-refractivity contribution >= 4 is 21.4 Å². The van der Waals surface area contributed by atoms with Gasteiger partial charge in [-0.05, 0) is 49.2 Å². The molecule has 1 aliphatic heterocycles. The van der Waals surface area contributed by atoms with Gasteiger partial charge in [-0.2, -0.15) is 17.5 Å². The number of benzene rings is 2. The topological polar surface area (TPSA) is 63.2 Å². The van der Waals surface area contributed by atoms with Gasteiger partial charge in [0.15, 0.2) is 5.01 Å². The van der Waals surface area contributed by atoms with E-state index in [1.165, 1.54) is 21.7 Å². The monoisotopic (exact) mass is 471 g/mol. The maximum absolute atomic E-state index is 14.0. The lowest BCUT2D eigenvalue weighted by molar-refractivity contribution is -0.137. The van der Waals surface area contributed by atoms with Crippen LogP contribution >= 0.6 is 11.3 Å². The summed E-state index contributed by atoms with van der Waals surface area (Å²) in [5.74, 6) is -0.642. The van der Waals surface area contributed by atoms with Crippen LogP contribution < -0.4 is 0 Å². The third kappa shape index (κ3) is 4.48. The summed E-state index contributed by atoms with van der Waals surface area (Å²) in [4.78, 5) is -0.189. The second-order valence-electron chi connectivity index (χ2n) is 7.15. The maximum Gasteiger partial charge on any atom is 0.416 e. The van der Waals surface area contributed by atoms with E-state index in [1.807, 2.05) is 0 Å². The summed E-state index contributed by atoms with van der Waals surface area (Å²) in [6.07, 6.45) is -3.28. The van der Waals surface area contributed by atoms with Crippen LogP contribution in [0.25, 0.3) is 10.6 Å². The SMILES string of the molecule is O=S(=O)(c1ccc(C(F)(F)F)cc1)N1CCCC(c2nnc(-c3ccccc3F)s2)C1. The summed E-state index contributed by atoms with van der Waals surface area (Å²) < 4.78 is 79.5. The van der Waals surface area contributed by atoms with Crippen molar-refractivity contribution in [1.29, 1.82) is 0 Å². The smallest absolute Gasteiger partial charge is 0.207 e. The largest absolute Gasteiger partial charge is 0.416 e. The number of sulfonamides is 1. The van der Waals surface area contributed by atoms with Crippen molar-refractivity contribution in [3.8, 4) is 10.6 Å². The van der Waals surface area contributed by atoms with Crippen LogP contribution in [0, 0.1) is 5.82 Å². The summed E-state index contributed by atoms with van der Waals surface area (Å²) in [6.45, 7) is 0.397. The number of hydrogen-bond donors (Lipinski definition) is 0. The summed E-state index contributed by atoms with van der Waals surface area (Å²) in [5, 5.41) is 9.21. The number of halogens is 4. The zero-order chi connectivity index (χ0) is 22.2. The van der Waals surface area contributed by atoms with Crippen molar-refractivity contribution in [3.63, 3.8) is 0 Å². The van der Waals surface area contributed by atoms with Gasteiger partial charge in [0.1, 0.15) is 10.8 Å². The van der Waals surface area contributed by atoms with Crippen LogP contribution in [0.3, 0.4) is 0 Å². The van der Waals surface area contributed by atoms with Crippen LogP contribution in [0.15, 0.2) is 53.4 Å². The zero-order valence-corrected chi connectivity index (χ0v) is 17.6. The molecule has 1 saturated heterocycles. The molecular weight excluding hydrogens is 454 g/mol. The average molecular weight is 472 g/mol. The third-order valence-corrected chi connectivity index (χ3v) is 8.10. The Kier molecular flexibility index (Phi) is 5.84. The summed E-state index contributed by atoms with van der Waals surface area (Å²) >= 11 is 1.21. The average Bonchev–Trinajstić information content (AvgIpc) is 3.24. The van der Waals surface area contributed by atoms with Gasteiger partial charge in [0, 0.05) is 24.6 Å². The molecule has 1 fully saturated rings. The molecule has 2 heterocycles. The molecule has 0 bridgehead atoms. The Hall–Kier alpha value is -2.37. The lowest BCUT2D eigenvalue weighted by Gasteiger charge is -2.30. The highest BCUT2D eigenvalue weighted by atomic mass is 32.2. The van der Waals surface area contributed by atoms with E-state index >= 15 is 0 Å². The van der Waals surface area contributed by atoms with Crippen molar-refractivity contribution in [2.75, 3.05) is 13.1 Å². The van der Waals surface area contributed by atoms with Crippen LogP contribution in [0.4, 0.5) is 17.6 Å². The summed E-state index contributed by atoms with van der Waals surface area (Å²) in [7, 11) is -3.95. The fraction of sp³-hybridized carbons (Fsp3) is 0.300. The summed E-state index contributed by atoms with van der Waals surface area (Å²) in [5.41, 5.74) is -0.575. The first-order valence-electron chi connectivity index (χ1n) is 9.42. The number of nitrogens with zero attached hydrogens (tertiary/aromatic N) is 3. The molecule has 0 aliphatic carbocycles. The van der Waals surface area contributed by atoms with Crippen LogP contribution in [-0.2, 0) is 16.2 Å². The number of hydrogen-bond acceptors (Lipinski definition) is 5. The minimum atomic E-state index is -4.54. The highest BCUT2D eigenvalue weighted by molar-refractivity contribution is 7.89. The fourth-order valence-electron chi connectivity index (χ4n) is 3.47. The standard InChI is InChI=1S/C20H17F4N3O2S2/c21-17-6-2-1-5-16(17)19-26-25-18(30-19)13-4-3-11-27(12-13)31(28,29)15-9-7-14(8-10-15)20(22,23)24/h1-2,5-10,13H,3-4,11-12H2. The first kappa shape index (κ1) is 21.8. The van der Waals surface area contributed by atoms with Crippen molar-refractivity contribution in [2.45, 2.75) is 29.8 Å². The van der Waals surface area contributed by atoms with E-state index in [4.69, 9.17) is 0 Å². The Balaban J connectivity index is 1.54. The van der Waals surface area contributed by atoms with Gasteiger partial charge in [-0.1, -0.05) is 23.5 Å². The first-order valence-corrected chi connectivity index (χ1v) is 11.7. The van der Waals surface area contributed by atoms with Gasteiger partial charge in [0.05, 0.1) is 10.5 Å². The van der Waals surface area contributed by atoms with Gasteiger partial charge in [-0.3, -0.25) is 0 Å². The van der Waals surface area contributed by atoms with Crippen LogP contribution in [0.1, 0.15) is 29.3 Å². The molecule has 0 radical (unpaired) electrons. The van der Waals surface area contributed by atoms with E-state index in [-0.39, 0.29) is 23.9 Å². The van der Waals surface area contributed by atoms with Gasteiger partial charge in [-0.15, -0.1) is 10.2 Å². The Labute approximate surface area is 180 Å². The Bertz CT molecular complexity index is 1180. The predicted octanol–water partition coefficient (Wildman–Crippen LogP) is 4.93. The molecule has 164 valence electrons. The normalized spacial score (nSPS) is 18.3. The molecule has 4 rings (SSSR count). The minimum absolute atomic E-state index is 0.134. The fourth-order valence-corrected chi connectivity index (χ4v) is 5.99. The minimum Gasteiger partial charge on any atom is -0.207 e. The van der Waals surface area contributed by atoms with Crippen molar-refractivity contribution in [2.24, 2.45) is 0 Å². The van der Waals surface area contributed by atoms with E-state index < -0.39 is 27.6 Å². The van der Waals surface area contributed by atoms with Crippen LogP contribution in [-0.4, -0.2) is 36.0 Å². The molecule has 5 nitrogen and oxygen atoms in total. The molecule has 1 unspecified atom stereocenters. The van der Waals surface area contributed by atoms with Gasteiger partial charge in [-0.25, -0.2) is 12.8 Å². The molecule has 0 saturated carbocycles. The molecule has 0 spiro atoms. The Morgan fingerprint density at radius 1 is 1.03 bits per heavy atom. The number of alkyl halides is 3. The molecule has 11 heteroatoms. The molecule has 2 aromatic carbocycles. The van der Waals surface area contributed by atoms with E-state index in [1.54, 1.807) is 18.2 Å². The van der Waals surface area contributed by atoms with Gasteiger partial charge in [0.25, 0.3) is 0 Å². The molecule has 3 aromatic rings.